The van der Waals surface area contributed by atoms with E-state index in [9.17, 15) is 13.2 Å². The minimum Gasteiger partial charge on any atom is -0.440 e. The first kappa shape index (κ1) is 23.3. The smallest absolute Gasteiger partial charge is 0.240 e. The molecule has 0 spiro atoms. The number of nitrogens with one attached hydrogen (secondary N) is 1. The van der Waals surface area contributed by atoms with Crippen LogP contribution in [-0.4, -0.2) is 21.5 Å². The molecule has 1 aliphatic heterocycles. The molecule has 0 aliphatic carbocycles. The lowest BCUT2D eigenvalue weighted by atomic mass is 9.83. The van der Waals surface area contributed by atoms with Crippen LogP contribution >= 0.6 is 0 Å². The Morgan fingerprint density at radius 3 is 2.45 bits per heavy atom. The Hall–Kier alpha value is -2.84. The maximum Gasteiger partial charge on any atom is 0.240 e. The summed E-state index contributed by atoms with van der Waals surface area (Å²) in [6.07, 6.45) is 2.05. The lowest BCUT2D eigenvalue weighted by molar-refractivity contribution is 0.274. The van der Waals surface area contributed by atoms with Crippen molar-refractivity contribution in [2.75, 3.05) is 23.3 Å². The van der Waals surface area contributed by atoms with E-state index in [0.717, 1.165) is 37.1 Å². The van der Waals surface area contributed by atoms with Gasteiger partial charge in [0.1, 0.15) is 10.5 Å². The van der Waals surface area contributed by atoms with E-state index in [1.807, 2.05) is 26.0 Å². The van der Waals surface area contributed by atoms with Crippen molar-refractivity contribution in [2.24, 2.45) is 10.6 Å². The average molecular weight is 470 g/mol. The molecule has 3 N–H and O–H groups in total. The summed E-state index contributed by atoms with van der Waals surface area (Å²) >= 11 is 0. The molecule has 0 radical (unpaired) electrons. The molecule has 0 bridgehead atoms. The number of nitrogens with zero attached hydrogens (tertiary/aromatic N) is 1. The van der Waals surface area contributed by atoms with Gasteiger partial charge in [-0.15, -0.1) is 0 Å². The summed E-state index contributed by atoms with van der Waals surface area (Å²) in [5.74, 6) is 0.574. The van der Waals surface area contributed by atoms with Crippen LogP contribution in [0.4, 0.5) is 11.6 Å². The lowest BCUT2D eigenvalue weighted by Crippen LogP contribution is -2.37. The summed E-state index contributed by atoms with van der Waals surface area (Å²) in [7, 11) is -3.89. The zero-order valence-corrected chi connectivity index (χ0v) is 20.3. The Bertz CT molecular complexity index is 1350. The van der Waals surface area contributed by atoms with Crippen LogP contribution < -0.4 is 20.8 Å². The highest BCUT2D eigenvalue weighted by Crippen LogP contribution is 2.35. The van der Waals surface area contributed by atoms with Gasteiger partial charge in [0.2, 0.25) is 10.0 Å². The van der Waals surface area contributed by atoms with Gasteiger partial charge in [0.25, 0.3) is 0 Å². The molecule has 8 heteroatoms. The second kappa shape index (κ2) is 8.50. The van der Waals surface area contributed by atoms with Crippen LogP contribution in [0.3, 0.4) is 0 Å². The molecule has 33 heavy (non-hydrogen) atoms. The van der Waals surface area contributed by atoms with Crippen molar-refractivity contribution in [1.82, 2.24) is 0 Å². The quantitative estimate of drug-likeness (QED) is 0.568. The number of fused-ring (bicyclic) bond motifs is 1. The van der Waals surface area contributed by atoms with Crippen molar-refractivity contribution < 1.29 is 12.8 Å². The highest BCUT2D eigenvalue weighted by atomic mass is 32.2. The van der Waals surface area contributed by atoms with E-state index >= 15 is 0 Å². The molecule has 2 aromatic carbocycles. The minimum atomic E-state index is -3.89. The monoisotopic (exact) mass is 469 g/mol. The van der Waals surface area contributed by atoms with Gasteiger partial charge in [0.05, 0.1) is 17.1 Å². The number of hydrogen-bond acceptors (Lipinski definition) is 6. The summed E-state index contributed by atoms with van der Waals surface area (Å²) in [5, 5.41) is 9.16. The van der Waals surface area contributed by atoms with Crippen LogP contribution in [0.1, 0.15) is 50.8 Å². The van der Waals surface area contributed by atoms with Crippen LogP contribution in [-0.2, 0) is 10.0 Å². The van der Waals surface area contributed by atoms with Crippen LogP contribution in [0, 0.1) is 12.3 Å². The molecule has 3 aromatic rings. The Labute approximate surface area is 194 Å². The molecule has 1 fully saturated rings. The molecule has 0 amide bonds. The van der Waals surface area contributed by atoms with Crippen molar-refractivity contribution >= 4 is 32.6 Å². The summed E-state index contributed by atoms with van der Waals surface area (Å²) in [4.78, 5) is 15.2. The Kier molecular flexibility index (Phi) is 6.01. The third kappa shape index (κ3) is 4.91. The third-order valence-corrected chi connectivity index (χ3v) is 7.42. The topological polar surface area (TPSA) is 106 Å². The molecule has 1 atom stereocenters. The maximum atomic E-state index is 13.0. The highest BCUT2D eigenvalue weighted by molar-refractivity contribution is 7.89. The van der Waals surface area contributed by atoms with Gasteiger partial charge in [-0.3, -0.25) is 4.79 Å². The van der Waals surface area contributed by atoms with Gasteiger partial charge in [-0.05, 0) is 55.9 Å². The summed E-state index contributed by atoms with van der Waals surface area (Å²) < 4.78 is 30.4. The van der Waals surface area contributed by atoms with Gasteiger partial charge in [0, 0.05) is 24.7 Å². The van der Waals surface area contributed by atoms with Gasteiger partial charge < -0.3 is 14.6 Å². The Balaban J connectivity index is 1.76. The molecule has 1 aromatic heterocycles. The number of hydrogen-bond donors (Lipinski definition) is 2. The van der Waals surface area contributed by atoms with Gasteiger partial charge in [-0.2, -0.15) is 0 Å². The number of rotatable bonds is 5. The zero-order chi connectivity index (χ0) is 24.0. The average Bonchev–Trinajstić information content (AvgIpc) is 2.73. The van der Waals surface area contributed by atoms with E-state index < -0.39 is 10.0 Å². The second-order valence-electron chi connectivity index (χ2n) is 9.74. The number of benzene rings is 2. The fraction of sp³-hybridized carbons (Fsp3) is 0.400. The van der Waals surface area contributed by atoms with Gasteiger partial charge in [-0.25, -0.2) is 13.6 Å². The first-order chi connectivity index (χ1) is 15.4. The first-order valence-corrected chi connectivity index (χ1v) is 12.7. The molecular formula is C25H31N3O4S. The van der Waals surface area contributed by atoms with Crippen molar-refractivity contribution in [2.45, 2.75) is 51.5 Å². The molecule has 2 heterocycles. The van der Waals surface area contributed by atoms with Crippen molar-refractivity contribution in [1.29, 1.82) is 0 Å². The summed E-state index contributed by atoms with van der Waals surface area (Å²) in [6, 6.07) is 11.5. The summed E-state index contributed by atoms with van der Waals surface area (Å²) in [5.41, 5.74) is 2.82. The molecule has 0 saturated carbocycles. The standard InChI is InChI=1S/C25H31N3O4S/c1-16-13-18(17(2)27-20-7-5-6-8-22(20)33(26,30)31)24-19(14-16)21(29)15-23(32-24)28-11-9-25(3,4)10-12-28/h5-8,13-15,17,27H,9-12H2,1-4H3,(H2,26,30,31). The number of primary sulfonamides is 1. The minimum absolute atomic E-state index is 0.0203. The number of para-hydroxylation sites is 1. The van der Waals surface area contributed by atoms with E-state index in [0.29, 0.717) is 22.5 Å². The Morgan fingerprint density at radius 2 is 1.79 bits per heavy atom. The largest absolute Gasteiger partial charge is 0.440 e. The van der Waals surface area contributed by atoms with Crippen LogP contribution in [0.25, 0.3) is 11.0 Å². The van der Waals surface area contributed by atoms with Gasteiger partial charge in [0.15, 0.2) is 11.3 Å². The SMILES string of the molecule is Cc1cc(C(C)Nc2ccccc2S(N)(=O)=O)c2oc(N3CCC(C)(C)CC3)cc(=O)c2c1. The molecule has 176 valence electrons. The molecule has 1 saturated heterocycles. The molecule has 4 rings (SSSR count). The number of anilines is 2. The second-order valence-corrected chi connectivity index (χ2v) is 11.3. The molecule has 1 aliphatic rings. The van der Waals surface area contributed by atoms with E-state index in [-0.39, 0.29) is 21.8 Å². The normalized spacial score (nSPS) is 17.2. The number of piperidine rings is 1. The summed E-state index contributed by atoms with van der Waals surface area (Å²) in [6.45, 7) is 10.0. The molecule has 7 nitrogen and oxygen atoms in total. The maximum absolute atomic E-state index is 13.0. The zero-order valence-electron chi connectivity index (χ0n) is 19.5. The van der Waals surface area contributed by atoms with Crippen molar-refractivity contribution in [3.63, 3.8) is 0 Å². The van der Waals surface area contributed by atoms with Gasteiger partial charge in [-0.1, -0.05) is 32.0 Å². The first-order valence-electron chi connectivity index (χ1n) is 11.2. The predicted molar refractivity (Wildman–Crippen MR) is 132 cm³/mol. The third-order valence-electron chi connectivity index (χ3n) is 6.45. The van der Waals surface area contributed by atoms with Crippen LogP contribution in [0.5, 0.6) is 0 Å². The molecular weight excluding hydrogens is 438 g/mol. The lowest BCUT2D eigenvalue weighted by Gasteiger charge is -2.37. The molecule has 1 unspecified atom stereocenters. The Morgan fingerprint density at radius 1 is 1.12 bits per heavy atom. The van der Waals surface area contributed by atoms with Crippen LogP contribution in [0.2, 0.25) is 0 Å². The van der Waals surface area contributed by atoms with E-state index in [2.05, 4.69) is 24.1 Å². The number of aryl methyl sites for hydroxylation is 1. The van der Waals surface area contributed by atoms with E-state index in [1.54, 1.807) is 24.3 Å². The van der Waals surface area contributed by atoms with Crippen LogP contribution in [0.15, 0.2) is 56.6 Å². The van der Waals surface area contributed by atoms with Crippen molar-refractivity contribution in [3.05, 3.63) is 63.8 Å². The fourth-order valence-electron chi connectivity index (χ4n) is 4.38. The highest BCUT2D eigenvalue weighted by Gasteiger charge is 2.27. The predicted octanol–water partition coefficient (Wildman–Crippen LogP) is 4.55. The number of nitrogens with two attached hydrogens (primary N) is 1. The van der Waals surface area contributed by atoms with E-state index in [1.165, 1.54) is 6.07 Å². The van der Waals surface area contributed by atoms with Crippen molar-refractivity contribution in [3.8, 4) is 0 Å². The number of sulfonamides is 1. The fourth-order valence-corrected chi connectivity index (χ4v) is 5.08. The van der Waals surface area contributed by atoms with Gasteiger partial charge >= 0.3 is 0 Å². The van der Waals surface area contributed by atoms with E-state index in [4.69, 9.17) is 9.56 Å².